The van der Waals surface area contributed by atoms with Gasteiger partial charge in [-0.1, -0.05) is 18.2 Å². The summed E-state index contributed by atoms with van der Waals surface area (Å²) in [6.07, 6.45) is 5.97. The lowest BCUT2D eigenvalue weighted by molar-refractivity contribution is 0.0927. The van der Waals surface area contributed by atoms with Crippen LogP contribution in [0.25, 0.3) is 0 Å². The molecule has 2 aromatic heterocycles. The minimum Gasteiger partial charge on any atom is -0.350 e. The van der Waals surface area contributed by atoms with Gasteiger partial charge in [-0.05, 0) is 24.3 Å². The van der Waals surface area contributed by atoms with Crippen LogP contribution in [0.15, 0.2) is 67.3 Å². The lowest BCUT2D eigenvalue weighted by Crippen LogP contribution is -2.34. The van der Waals surface area contributed by atoms with Gasteiger partial charge in [0.25, 0.3) is 11.8 Å². The first-order valence-electron chi connectivity index (χ1n) is 8.33. The number of nitrogens with zero attached hydrogens (tertiary/aromatic N) is 3. The molecule has 3 N–H and O–H groups in total. The van der Waals surface area contributed by atoms with Gasteiger partial charge < -0.3 is 16.0 Å². The summed E-state index contributed by atoms with van der Waals surface area (Å²) < 4.78 is 0. The standard InChI is InChI=1S/C19H18N6O2/c26-17(14-5-4-8-20-11-14)21-9-10-22-18(27)15-12-23-19(24-13-15)25-16-6-2-1-3-7-16/h1-8,11-13H,9-10H2,(H,21,26)(H,22,27)(H,23,24,25). The Morgan fingerprint density at radius 3 is 2.07 bits per heavy atom. The Kier molecular flexibility index (Phi) is 6.03. The second-order valence-corrected chi connectivity index (χ2v) is 5.54. The number of rotatable bonds is 7. The molecular weight excluding hydrogens is 344 g/mol. The zero-order valence-electron chi connectivity index (χ0n) is 14.4. The smallest absolute Gasteiger partial charge is 0.254 e. The molecule has 2 heterocycles. The quantitative estimate of drug-likeness (QED) is 0.553. The van der Waals surface area contributed by atoms with Crippen LogP contribution in [0.2, 0.25) is 0 Å². The molecule has 8 heteroatoms. The number of carbonyl (C=O) groups excluding carboxylic acids is 2. The number of para-hydroxylation sites is 1. The molecular formula is C19H18N6O2. The van der Waals surface area contributed by atoms with Gasteiger partial charge in [0.15, 0.2) is 0 Å². The van der Waals surface area contributed by atoms with Gasteiger partial charge in [-0.15, -0.1) is 0 Å². The molecule has 0 unspecified atom stereocenters. The number of carbonyl (C=O) groups is 2. The van der Waals surface area contributed by atoms with Crippen molar-refractivity contribution < 1.29 is 9.59 Å². The molecule has 3 rings (SSSR count). The highest BCUT2D eigenvalue weighted by Crippen LogP contribution is 2.11. The van der Waals surface area contributed by atoms with Crippen LogP contribution in [0.1, 0.15) is 20.7 Å². The maximum Gasteiger partial charge on any atom is 0.254 e. The molecule has 0 spiro atoms. The van der Waals surface area contributed by atoms with Gasteiger partial charge in [-0.3, -0.25) is 14.6 Å². The highest BCUT2D eigenvalue weighted by atomic mass is 16.2. The predicted octanol–water partition coefficient (Wildman–Crippen LogP) is 1.77. The summed E-state index contributed by atoms with van der Waals surface area (Å²) in [6, 6.07) is 12.9. The molecule has 2 amide bonds. The molecule has 3 aromatic rings. The number of hydrogen-bond donors (Lipinski definition) is 3. The van der Waals surface area contributed by atoms with E-state index in [9.17, 15) is 9.59 Å². The van der Waals surface area contributed by atoms with Crippen molar-refractivity contribution in [3.05, 3.63) is 78.4 Å². The summed E-state index contributed by atoms with van der Waals surface area (Å²) in [5.74, 6) is -0.143. The number of nitrogens with one attached hydrogen (secondary N) is 3. The molecule has 0 aliphatic heterocycles. The minimum absolute atomic E-state index is 0.239. The van der Waals surface area contributed by atoms with Gasteiger partial charge in [0, 0.05) is 43.6 Å². The Bertz CT molecular complexity index is 885. The third-order valence-corrected chi connectivity index (χ3v) is 3.56. The van der Waals surface area contributed by atoms with E-state index in [1.165, 1.54) is 18.6 Å². The number of hydrogen-bond acceptors (Lipinski definition) is 6. The van der Waals surface area contributed by atoms with Crippen molar-refractivity contribution in [3.8, 4) is 0 Å². The van der Waals surface area contributed by atoms with Crippen molar-refractivity contribution in [2.24, 2.45) is 0 Å². The minimum atomic E-state index is -0.308. The van der Waals surface area contributed by atoms with Crippen LogP contribution in [0, 0.1) is 0 Å². The SMILES string of the molecule is O=C(NCCNC(=O)c1cnc(Nc2ccccc2)nc1)c1cccnc1. The van der Waals surface area contributed by atoms with E-state index in [2.05, 4.69) is 30.9 Å². The zero-order valence-corrected chi connectivity index (χ0v) is 14.4. The molecule has 0 saturated carbocycles. The molecule has 0 aliphatic carbocycles. The summed E-state index contributed by atoms with van der Waals surface area (Å²) in [5.41, 5.74) is 1.67. The molecule has 0 fully saturated rings. The molecule has 0 bridgehead atoms. The first-order valence-corrected chi connectivity index (χ1v) is 8.33. The Morgan fingerprint density at radius 1 is 0.778 bits per heavy atom. The maximum absolute atomic E-state index is 12.1. The fourth-order valence-corrected chi connectivity index (χ4v) is 2.21. The number of pyridine rings is 1. The van der Waals surface area contributed by atoms with Crippen molar-refractivity contribution in [1.29, 1.82) is 0 Å². The summed E-state index contributed by atoms with van der Waals surface area (Å²) >= 11 is 0. The van der Waals surface area contributed by atoms with E-state index in [4.69, 9.17) is 0 Å². The summed E-state index contributed by atoms with van der Waals surface area (Å²) in [7, 11) is 0. The zero-order chi connectivity index (χ0) is 18.9. The van der Waals surface area contributed by atoms with E-state index in [0.29, 0.717) is 23.6 Å². The van der Waals surface area contributed by atoms with Crippen molar-refractivity contribution in [2.75, 3.05) is 18.4 Å². The van der Waals surface area contributed by atoms with E-state index in [1.54, 1.807) is 18.3 Å². The number of amides is 2. The maximum atomic E-state index is 12.1. The summed E-state index contributed by atoms with van der Waals surface area (Å²) in [5, 5.41) is 8.46. The molecule has 0 atom stereocenters. The predicted molar refractivity (Wildman–Crippen MR) is 101 cm³/mol. The first-order chi connectivity index (χ1) is 13.2. The molecule has 136 valence electrons. The van der Waals surface area contributed by atoms with Gasteiger partial charge in [0.2, 0.25) is 5.95 Å². The average molecular weight is 362 g/mol. The van der Waals surface area contributed by atoms with Crippen LogP contribution in [-0.4, -0.2) is 39.9 Å². The Balaban J connectivity index is 1.43. The highest BCUT2D eigenvalue weighted by Gasteiger charge is 2.08. The Morgan fingerprint density at radius 2 is 1.44 bits per heavy atom. The van der Waals surface area contributed by atoms with Gasteiger partial charge in [0.05, 0.1) is 11.1 Å². The van der Waals surface area contributed by atoms with Gasteiger partial charge in [-0.2, -0.15) is 0 Å². The van der Waals surface area contributed by atoms with Crippen LogP contribution in [0.5, 0.6) is 0 Å². The Labute approximate surface area is 156 Å². The largest absolute Gasteiger partial charge is 0.350 e. The average Bonchev–Trinajstić information content (AvgIpc) is 2.73. The van der Waals surface area contributed by atoms with Gasteiger partial charge in [0.1, 0.15) is 0 Å². The highest BCUT2D eigenvalue weighted by molar-refractivity contribution is 5.94. The molecule has 1 aromatic carbocycles. The summed E-state index contributed by atoms with van der Waals surface area (Å²) in [6.45, 7) is 0.586. The Hall–Kier alpha value is -3.81. The van der Waals surface area contributed by atoms with Crippen molar-refractivity contribution in [1.82, 2.24) is 25.6 Å². The summed E-state index contributed by atoms with van der Waals surface area (Å²) in [4.78, 5) is 36.1. The number of aromatic nitrogens is 3. The van der Waals surface area contributed by atoms with Gasteiger partial charge in [-0.25, -0.2) is 9.97 Å². The topological polar surface area (TPSA) is 109 Å². The monoisotopic (exact) mass is 362 g/mol. The second-order valence-electron chi connectivity index (χ2n) is 5.54. The lowest BCUT2D eigenvalue weighted by Gasteiger charge is -2.08. The third kappa shape index (κ3) is 5.33. The number of benzene rings is 1. The van der Waals surface area contributed by atoms with Crippen molar-refractivity contribution in [3.63, 3.8) is 0 Å². The van der Waals surface area contributed by atoms with E-state index >= 15 is 0 Å². The van der Waals surface area contributed by atoms with Gasteiger partial charge >= 0.3 is 0 Å². The van der Waals surface area contributed by atoms with E-state index in [1.807, 2.05) is 30.3 Å². The van der Waals surface area contributed by atoms with Crippen molar-refractivity contribution in [2.45, 2.75) is 0 Å². The fourth-order valence-electron chi connectivity index (χ4n) is 2.21. The molecule has 0 saturated heterocycles. The van der Waals surface area contributed by atoms with Crippen LogP contribution in [-0.2, 0) is 0 Å². The molecule has 0 aliphatic rings. The number of anilines is 2. The third-order valence-electron chi connectivity index (χ3n) is 3.56. The fraction of sp³-hybridized carbons (Fsp3) is 0.105. The normalized spacial score (nSPS) is 10.1. The van der Waals surface area contributed by atoms with Crippen LogP contribution in [0.3, 0.4) is 0 Å². The molecule has 0 radical (unpaired) electrons. The van der Waals surface area contributed by atoms with E-state index in [-0.39, 0.29) is 18.4 Å². The molecule has 27 heavy (non-hydrogen) atoms. The van der Waals surface area contributed by atoms with E-state index in [0.717, 1.165) is 5.69 Å². The first kappa shape index (κ1) is 18.0. The van der Waals surface area contributed by atoms with E-state index < -0.39 is 0 Å². The molecule has 8 nitrogen and oxygen atoms in total. The van der Waals surface area contributed by atoms with Crippen LogP contribution in [0.4, 0.5) is 11.6 Å². The van der Waals surface area contributed by atoms with Crippen molar-refractivity contribution >= 4 is 23.5 Å². The van der Waals surface area contributed by atoms with Crippen LogP contribution < -0.4 is 16.0 Å². The second kappa shape index (κ2) is 9.04. The van der Waals surface area contributed by atoms with Crippen LogP contribution >= 0.6 is 0 Å². The lowest BCUT2D eigenvalue weighted by atomic mass is 10.3.